The molecule has 7 heteroatoms. The molecule has 1 unspecified atom stereocenters. The monoisotopic (exact) mass is 341 g/mol. The van der Waals surface area contributed by atoms with Gasteiger partial charge in [0.05, 0.1) is 11.9 Å². The van der Waals surface area contributed by atoms with Crippen molar-refractivity contribution in [3.05, 3.63) is 34.6 Å². The molecule has 2 aromatic rings. The maximum atomic E-state index is 12.3. The van der Waals surface area contributed by atoms with E-state index in [9.17, 15) is 9.59 Å². The fraction of sp³-hybridized carbons (Fsp3) is 0.556. The van der Waals surface area contributed by atoms with Gasteiger partial charge in [0.1, 0.15) is 5.52 Å². The number of likely N-dealkylation sites (tertiary alicyclic amines) is 1. The first-order valence-corrected chi connectivity index (χ1v) is 9.04. The van der Waals surface area contributed by atoms with Crippen molar-refractivity contribution in [2.45, 2.75) is 38.3 Å². The molecule has 1 saturated carbocycles. The molecule has 1 aromatic carbocycles. The number of aromatic nitrogens is 3. The zero-order valence-electron chi connectivity index (χ0n) is 14.2. The molecule has 2 aliphatic rings. The minimum Gasteiger partial charge on any atom is -0.356 e. The zero-order chi connectivity index (χ0) is 17.2. The SMILES string of the molecule is O=C(CCn1nnc2ccccc2c1=O)NCC1CCN(C2CC2)C1. The summed E-state index contributed by atoms with van der Waals surface area (Å²) in [7, 11) is 0. The molecule has 25 heavy (non-hydrogen) atoms. The Kier molecular flexibility index (Phi) is 4.48. The van der Waals surface area contributed by atoms with Crippen molar-refractivity contribution < 1.29 is 4.79 Å². The molecule has 1 amide bonds. The van der Waals surface area contributed by atoms with Crippen molar-refractivity contribution in [3.8, 4) is 0 Å². The first-order valence-electron chi connectivity index (χ1n) is 9.04. The third kappa shape index (κ3) is 3.71. The van der Waals surface area contributed by atoms with Gasteiger partial charge < -0.3 is 10.2 Å². The second-order valence-corrected chi connectivity index (χ2v) is 7.07. The maximum Gasteiger partial charge on any atom is 0.277 e. The van der Waals surface area contributed by atoms with E-state index in [0.29, 0.717) is 16.8 Å². The number of benzene rings is 1. The van der Waals surface area contributed by atoms with E-state index in [-0.39, 0.29) is 24.4 Å². The van der Waals surface area contributed by atoms with Crippen molar-refractivity contribution in [2.24, 2.45) is 5.92 Å². The van der Waals surface area contributed by atoms with Crippen molar-refractivity contribution in [1.82, 2.24) is 25.2 Å². The first-order chi connectivity index (χ1) is 12.2. The zero-order valence-corrected chi connectivity index (χ0v) is 14.2. The number of hydrogen-bond donors (Lipinski definition) is 1. The van der Waals surface area contributed by atoms with Gasteiger partial charge in [-0.05, 0) is 43.9 Å². The highest BCUT2D eigenvalue weighted by Gasteiger charge is 2.34. The number of carbonyl (C=O) groups excluding carboxylic acids is 1. The highest BCUT2D eigenvalue weighted by Crippen LogP contribution is 2.31. The number of rotatable bonds is 6. The quantitative estimate of drug-likeness (QED) is 0.840. The second kappa shape index (κ2) is 6.92. The van der Waals surface area contributed by atoms with E-state index in [1.807, 2.05) is 6.07 Å². The van der Waals surface area contributed by atoms with Gasteiger partial charge in [-0.15, -0.1) is 5.10 Å². The van der Waals surface area contributed by atoms with E-state index >= 15 is 0 Å². The third-order valence-electron chi connectivity index (χ3n) is 5.15. The lowest BCUT2D eigenvalue weighted by molar-refractivity contribution is -0.121. The Morgan fingerprint density at radius 2 is 2.08 bits per heavy atom. The van der Waals surface area contributed by atoms with Gasteiger partial charge in [-0.25, -0.2) is 4.68 Å². The van der Waals surface area contributed by atoms with E-state index in [2.05, 4.69) is 20.5 Å². The summed E-state index contributed by atoms with van der Waals surface area (Å²) in [5.41, 5.74) is 0.379. The predicted octanol–water partition coefficient (Wildman–Crippen LogP) is 0.782. The fourth-order valence-corrected chi connectivity index (χ4v) is 3.52. The molecule has 1 saturated heterocycles. The van der Waals surface area contributed by atoms with E-state index in [1.165, 1.54) is 17.5 Å². The molecule has 4 rings (SSSR count). The largest absolute Gasteiger partial charge is 0.356 e. The van der Waals surface area contributed by atoms with Crippen molar-refractivity contribution >= 4 is 16.8 Å². The highest BCUT2D eigenvalue weighted by atomic mass is 16.2. The number of nitrogens with one attached hydrogen (secondary N) is 1. The molecule has 2 heterocycles. The van der Waals surface area contributed by atoms with Crippen LogP contribution in [0.1, 0.15) is 25.7 Å². The molecule has 0 radical (unpaired) electrons. The van der Waals surface area contributed by atoms with Crippen LogP contribution in [0.5, 0.6) is 0 Å². The van der Waals surface area contributed by atoms with Gasteiger partial charge in [0.15, 0.2) is 0 Å². The molecule has 1 aromatic heterocycles. The van der Waals surface area contributed by atoms with Crippen LogP contribution in [0.3, 0.4) is 0 Å². The molecule has 1 aliphatic heterocycles. The van der Waals surface area contributed by atoms with E-state index in [1.54, 1.807) is 18.2 Å². The van der Waals surface area contributed by atoms with E-state index < -0.39 is 0 Å². The molecule has 132 valence electrons. The van der Waals surface area contributed by atoms with Crippen LogP contribution in [-0.2, 0) is 11.3 Å². The molecule has 7 nitrogen and oxygen atoms in total. The van der Waals surface area contributed by atoms with Crippen LogP contribution in [0.4, 0.5) is 0 Å². The molecule has 0 spiro atoms. The van der Waals surface area contributed by atoms with E-state index in [4.69, 9.17) is 0 Å². The van der Waals surface area contributed by atoms with Gasteiger partial charge in [-0.3, -0.25) is 9.59 Å². The topological polar surface area (TPSA) is 80.1 Å². The summed E-state index contributed by atoms with van der Waals surface area (Å²) in [6, 6.07) is 7.91. The third-order valence-corrected chi connectivity index (χ3v) is 5.15. The van der Waals surface area contributed by atoms with Crippen LogP contribution in [0.15, 0.2) is 29.1 Å². The van der Waals surface area contributed by atoms with Gasteiger partial charge in [-0.2, -0.15) is 0 Å². The lowest BCUT2D eigenvalue weighted by Crippen LogP contribution is -2.33. The van der Waals surface area contributed by atoms with Crippen LogP contribution in [0.25, 0.3) is 10.9 Å². The van der Waals surface area contributed by atoms with Crippen molar-refractivity contribution in [2.75, 3.05) is 19.6 Å². The summed E-state index contributed by atoms with van der Waals surface area (Å²) < 4.78 is 1.27. The van der Waals surface area contributed by atoms with Crippen LogP contribution in [0.2, 0.25) is 0 Å². The lowest BCUT2D eigenvalue weighted by Gasteiger charge is -2.15. The number of hydrogen-bond acceptors (Lipinski definition) is 5. The van der Waals surface area contributed by atoms with Crippen LogP contribution < -0.4 is 10.9 Å². The van der Waals surface area contributed by atoms with Crippen molar-refractivity contribution in [3.63, 3.8) is 0 Å². The van der Waals surface area contributed by atoms with Crippen molar-refractivity contribution in [1.29, 1.82) is 0 Å². The molecule has 1 N–H and O–H groups in total. The number of carbonyl (C=O) groups is 1. The summed E-state index contributed by atoms with van der Waals surface area (Å²) in [5, 5.41) is 11.5. The van der Waals surface area contributed by atoms with Crippen LogP contribution >= 0.6 is 0 Å². The molecular weight excluding hydrogens is 318 g/mol. The number of aryl methyl sites for hydroxylation is 1. The fourth-order valence-electron chi connectivity index (χ4n) is 3.52. The van der Waals surface area contributed by atoms with Gasteiger partial charge in [0.25, 0.3) is 5.56 Å². The molecular formula is C18H23N5O2. The Morgan fingerprint density at radius 3 is 2.92 bits per heavy atom. The van der Waals surface area contributed by atoms with Gasteiger partial charge in [0.2, 0.25) is 5.91 Å². The Labute approximate surface area is 146 Å². The molecule has 1 atom stereocenters. The lowest BCUT2D eigenvalue weighted by atomic mass is 10.1. The van der Waals surface area contributed by atoms with Crippen LogP contribution in [0, 0.1) is 5.92 Å². The minimum absolute atomic E-state index is 0.0354. The average Bonchev–Trinajstić information content (AvgIpc) is 3.38. The first kappa shape index (κ1) is 16.2. The van der Waals surface area contributed by atoms with Gasteiger partial charge >= 0.3 is 0 Å². The Morgan fingerprint density at radius 1 is 1.24 bits per heavy atom. The summed E-state index contributed by atoms with van der Waals surface area (Å²) >= 11 is 0. The smallest absolute Gasteiger partial charge is 0.277 e. The average molecular weight is 341 g/mol. The normalized spacial score (nSPS) is 20.9. The molecule has 0 bridgehead atoms. The van der Waals surface area contributed by atoms with Crippen LogP contribution in [-0.4, -0.2) is 51.5 Å². The Balaban J connectivity index is 1.27. The summed E-state index contributed by atoms with van der Waals surface area (Å²) in [6.45, 7) is 3.23. The number of amides is 1. The van der Waals surface area contributed by atoms with Gasteiger partial charge in [0, 0.05) is 25.6 Å². The maximum absolute atomic E-state index is 12.3. The standard InChI is InChI=1S/C18H23N5O2/c24-17(19-11-13-7-9-22(12-13)14-5-6-14)8-10-23-18(25)15-3-1-2-4-16(15)20-21-23/h1-4,13-14H,5-12H2,(H,19,24). The highest BCUT2D eigenvalue weighted by molar-refractivity contribution is 5.77. The van der Waals surface area contributed by atoms with E-state index in [0.717, 1.165) is 32.1 Å². The Bertz CT molecular complexity index is 830. The number of nitrogens with zero attached hydrogens (tertiary/aromatic N) is 4. The summed E-state index contributed by atoms with van der Waals surface area (Å²) in [4.78, 5) is 27.0. The predicted molar refractivity (Wildman–Crippen MR) is 94.1 cm³/mol. The summed E-state index contributed by atoms with van der Waals surface area (Å²) in [6.07, 6.45) is 4.07. The molecule has 2 fully saturated rings. The molecule has 1 aliphatic carbocycles. The second-order valence-electron chi connectivity index (χ2n) is 7.07. The Hall–Kier alpha value is -2.28. The van der Waals surface area contributed by atoms with Gasteiger partial charge in [-0.1, -0.05) is 17.3 Å². The number of fused-ring (bicyclic) bond motifs is 1. The summed E-state index contributed by atoms with van der Waals surface area (Å²) in [5.74, 6) is 0.513. The minimum atomic E-state index is -0.200.